The Kier molecular flexibility index (Phi) is 2.78. The molecule has 4 heteroatoms. The highest BCUT2D eigenvalue weighted by atomic mass is 35.5. The fraction of sp³-hybridized carbons (Fsp3) is 0.250. The molecule has 66 valence electrons. The van der Waals surface area contributed by atoms with E-state index in [0.717, 1.165) is 5.56 Å². The summed E-state index contributed by atoms with van der Waals surface area (Å²) < 4.78 is 0. The predicted molar refractivity (Wildman–Crippen MR) is 47.5 cm³/mol. The molecule has 3 nitrogen and oxygen atoms in total. The average Bonchev–Trinajstić information content (AvgIpc) is 2.07. The van der Waals surface area contributed by atoms with Crippen LogP contribution in [0.25, 0.3) is 0 Å². The molecule has 0 atom stereocenters. The van der Waals surface area contributed by atoms with Crippen LogP contribution in [0.15, 0.2) is 12.1 Å². The molecule has 1 aromatic carbocycles. The van der Waals surface area contributed by atoms with Crippen LogP contribution in [0.1, 0.15) is 5.56 Å². The fourth-order valence-corrected chi connectivity index (χ4v) is 1.20. The molecule has 0 amide bonds. The lowest BCUT2D eigenvalue weighted by atomic mass is 10.1. The average molecular weight is 188 g/mol. The van der Waals surface area contributed by atoms with E-state index in [1.54, 1.807) is 6.07 Å². The van der Waals surface area contributed by atoms with E-state index in [4.69, 9.17) is 22.4 Å². The normalized spacial score (nSPS) is 10.2. The van der Waals surface area contributed by atoms with E-state index < -0.39 is 0 Å². The number of hydrogen-bond donors (Lipinski definition) is 3. The van der Waals surface area contributed by atoms with E-state index in [-0.39, 0.29) is 16.5 Å². The molecule has 1 aromatic rings. The highest BCUT2D eigenvalue weighted by Crippen LogP contribution is 2.35. The summed E-state index contributed by atoms with van der Waals surface area (Å²) >= 11 is 5.71. The third kappa shape index (κ3) is 1.62. The number of rotatable bonds is 2. The van der Waals surface area contributed by atoms with E-state index in [2.05, 4.69) is 0 Å². The summed E-state index contributed by atoms with van der Waals surface area (Å²) in [6.45, 7) is 0.462. The number of benzene rings is 1. The summed E-state index contributed by atoms with van der Waals surface area (Å²) in [4.78, 5) is 0. The number of phenolic OH excluding ortho intramolecular Hbond substituents is 2. The molecule has 0 aliphatic heterocycles. The Morgan fingerprint density at radius 3 is 2.58 bits per heavy atom. The van der Waals surface area contributed by atoms with E-state index in [0.29, 0.717) is 13.0 Å². The van der Waals surface area contributed by atoms with E-state index >= 15 is 0 Å². The Balaban J connectivity index is 3.08. The van der Waals surface area contributed by atoms with E-state index in [1.165, 1.54) is 6.07 Å². The molecule has 0 radical (unpaired) electrons. The van der Waals surface area contributed by atoms with Gasteiger partial charge in [0.05, 0.1) is 5.02 Å². The highest BCUT2D eigenvalue weighted by Gasteiger charge is 2.08. The van der Waals surface area contributed by atoms with Gasteiger partial charge >= 0.3 is 0 Å². The topological polar surface area (TPSA) is 66.5 Å². The lowest BCUT2D eigenvalue weighted by Crippen LogP contribution is -2.02. The van der Waals surface area contributed by atoms with Crippen LogP contribution in [-0.4, -0.2) is 16.8 Å². The molecule has 0 saturated heterocycles. The van der Waals surface area contributed by atoms with Crippen molar-refractivity contribution in [2.24, 2.45) is 5.73 Å². The zero-order valence-electron chi connectivity index (χ0n) is 6.42. The second-order valence-electron chi connectivity index (χ2n) is 2.45. The molecular formula is C8H10ClNO2. The van der Waals surface area contributed by atoms with Crippen LogP contribution in [0, 0.1) is 0 Å². The SMILES string of the molecule is NCCc1ccc(O)c(O)c1Cl. The molecule has 0 unspecified atom stereocenters. The Morgan fingerprint density at radius 1 is 1.33 bits per heavy atom. The summed E-state index contributed by atoms with van der Waals surface area (Å²) in [6, 6.07) is 3.04. The van der Waals surface area contributed by atoms with Gasteiger partial charge in [-0.25, -0.2) is 0 Å². The van der Waals surface area contributed by atoms with Crippen molar-refractivity contribution in [1.82, 2.24) is 0 Å². The molecule has 0 saturated carbocycles. The molecule has 0 aliphatic rings. The van der Waals surface area contributed by atoms with Gasteiger partial charge in [0.15, 0.2) is 11.5 Å². The van der Waals surface area contributed by atoms with Gasteiger partial charge in [-0.15, -0.1) is 0 Å². The van der Waals surface area contributed by atoms with E-state index in [1.807, 2.05) is 0 Å². The number of aromatic hydroxyl groups is 2. The smallest absolute Gasteiger partial charge is 0.176 e. The van der Waals surface area contributed by atoms with Crippen molar-refractivity contribution in [2.45, 2.75) is 6.42 Å². The van der Waals surface area contributed by atoms with Crippen molar-refractivity contribution in [1.29, 1.82) is 0 Å². The predicted octanol–water partition coefficient (Wildman–Crippen LogP) is 1.25. The molecule has 0 aliphatic carbocycles. The second-order valence-corrected chi connectivity index (χ2v) is 2.82. The van der Waals surface area contributed by atoms with Crippen LogP contribution in [0.4, 0.5) is 0 Å². The van der Waals surface area contributed by atoms with Crippen LogP contribution in [0.5, 0.6) is 11.5 Å². The Labute approximate surface area is 75.4 Å². The Hall–Kier alpha value is -0.930. The summed E-state index contributed by atoms with van der Waals surface area (Å²) in [5.41, 5.74) is 6.06. The van der Waals surface area contributed by atoms with Crippen LogP contribution in [-0.2, 0) is 6.42 Å². The summed E-state index contributed by atoms with van der Waals surface area (Å²) in [5, 5.41) is 18.4. The lowest BCUT2D eigenvalue weighted by Gasteiger charge is -2.05. The van der Waals surface area contributed by atoms with Gasteiger partial charge in [-0.1, -0.05) is 17.7 Å². The van der Waals surface area contributed by atoms with Crippen molar-refractivity contribution in [3.63, 3.8) is 0 Å². The van der Waals surface area contributed by atoms with Crippen molar-refractivity contribution in [3.05, 3.63) is 22.7 Å². The minimum atomic E-state index is -0.275. The minimum Gasteiger partial charge on any atom is -0.504 e. The summed E-state index contributed by atoms with van der Waals surface area (Å²) in [7, 11) is 0. The van der Waals surface area contributed by atoms with Gasteiger partial charge in [-0.05, 0) is 24.6 Å². The molecule has 4 N–H and O–H groups in total. The first-order valence-corrected chi connectivity index (χ1v) is 3.94. The third-order valence-electron chi connectivity index (χ3n) is 1.59. The van der Waals surface area contributed by atoms with Crippen LogP contribution in [0.2, 0.25) is 5.02 Å². The van der Waals surface area contributed by atoms with Gasteiger partial charge in [-0.2, -0.15) is 0 Å². The molecule has 0 aromatic heterocycles. The standard InChI is InChI=1S/C8H10ClNO2/c9-7-5(3-4-10)1-2-6(11)8(7)12/h1-2,11-12H,3-4,10H2. The third-order valence-corrected chi connectivity index (χ3v) is 2.01. The first-order chi connectivity index (χ1) is 5.66. The zero-order valence-corrected chi connectivity index (χ0v) is 7.17. The van der Waals surface area contributed by atoms with E-state index in [9.17, 15) is 5.11 Å². The highest BCUT2D eigenvalue weighted by molar-refractivity contribution is 6.33. The van der Waals surface area contributed by atoms with Crippen molar-refractivity contribution >= 4 is 11.6 Å². The van der Waals surface area contributed by atoms with Crippen LogP contribution >= 0.6 is 11.6 Å². The Morgan fingerprint density at radius 2 is 2.00 bits per heavy atom. The maximum absolute atomic E-state index is 9.19. The summed E-state index contributed by atoms with van der Waals surface area (Å²) in [5.74, 6) is -0.483. The number of nitrogens with two attached hydrogens (primary N) is 1. The van der Waals surface area contributed by atoms with Gasteiger partial charge in [-0.3, -0.25) is 0 Å². The van der Waals surface area contributed by atoms with Crippen LogP contribution < -0.4 is 5.73 Å². The molecule has 0 spiro atoms. The van der Waals surface area contributed by atoms with Gasteiger partial charge in [0, 0.05) is 0 Å². The Bertz CT molecular complexity index is 289. The quantitative estimate of drug-likeness (QED) is 0.611. The lowest BCUT2D eigenvalue weighted by molar-refractivity contribution is 0.403. The van der Waals surface area contributed by atoms with Gasteiger partial charge < -0.3 is 15.9 Å². The van der Waals surface area contributed by atoms with Crippen molar-refractivity contribution in [2.75, 3.05) is 6.54 Å². The molecule has 1 rings (SSSR count). The van der Waals surface area contributed by atoms with Gasteiger partial charge in [0.25, 0.3) is 0 Å². The minimum absolute atomic E-state index is 0.181. The van der Waals surface area contributed by atoms with Crippen molar-refractivity contribution in [3.8, 4) is 11.5 Å². The first kappa shape index (κ1) is 9.16. The molecule has 0 heterocycles. The second kappa shape index (κ2) is 3.65. The molecule has 0 fully saturated rings. The zero-order chi connectivity index (χ0) is 9.14. The number of hydrogen-bond acceptors (Lipinski definition) is 3. The fourth-order valence-electron chi connectivity index (χ4n) is 0.945. The summed E-state index contributed by atoms with van der Waals surface area (Å²) in [6.07, 6.45) is 0.590. The van der Waals surface area contributed by atoms with Gasteiger partial charge in [0.1, 0.15) is 0 Å². The number of phenols is 2. The monoisotopic (exact) mass is 187 g/mol. The maximum Gasteiger partial charge on any atom is 0.176 e. The van der Waals surface area contributed by atoms with Crippen molar-refractivity contribution < 1.29 is 10.2 Å². The largest absolute Gasteiger partial charge is 0.504 e. The van der Waals surface area contributed by atoms with Gasteiger partial charge in [0.2, 0.25) is 0 Å². The van der Waals surface area contributed by atoms with Crippen LogP contribution in [0.3, 0.4) is 0 Å². The molecule has 12 heavy (non-hydrogen) atoms. The maximum atomic E-state index is 9.19. The molecular weight excluding hydrogens is 178 g/mol. The molecule has 0 bridgehead atoms. The first-order valence-electron chi connectivity index (χ1n) is 3.56. The number of halogens is 1.